The van der Waals surface area contributed by atoms with Crippen LogP contribution in [0.15, 0.2) is 57.6 Å². The molecule has 0 bridgehead atoms. The molecule has 1 aliphatic carbocycles. The van der Waals surface area contributed by atoms with Crippen LogP contribution in [0.4, 0.5) is 4.79 Å². The maximum absolute atomic E-state index is 12.3. The van der Waals surface area contributed by atoms with Crippen LogP contribution in [0.3, 0.4) is 0 Å². The number of carbonyl (C=O) groups is 3. The summed E-state index contributed by atoms with van der Waals surface area (Å²) in [5, 5.41) is 5.21. The molecule has 7 nitrogen and oxygen atoms in total. The van der Waals surface area contributed by atoms with Crippen LogP contribution in [-0.2, 0) is 16.1 Å². The van der Waals surface area contributed by atoms with Crippen LogP contribution in [0.25, 0.3) is 0 Å². The van der Waals surface area contributed by atoms with Gasteiger partial charge in [0.2, 0.25) is 0 Å². The molecule has 1 aromatic heterocycles. The molecule has 9 heteroatoms. The summed E-state index contributed by atoms with van der Waals surface area (Å²) in [6.07, 6.45) is 2.13. The van der Waals surface area contributed by atoms with Gasteiger partial charge in [-0.15, -0.1) is 0 Å². The van der Waals surface area contributed by atoms with Crippen molar-refractivity contribution in [3.63, 3.8) is 0 Å². The zero-order valence-corrected chi connectivity index (χ0v) is 17.0. The molecule has 0 fully saturated rings. The highest BCUT2D eigenvalue weighted by molar-refractivity contribution is 9.13. The average Bonchev–Trinajstić information content (AvgIpc) is 3.17. The Morgan fingerprint density at radius 2 is 1.89 bits per heavy atom. The normalized spacial score (nSPS) is 18.4. The van der Waals surface area contributed by atoms with Crippen molar-refractivity contribution in [2.75, 3.05) is 0 Å². The molecule has 2 atom stereocenters. The Bertz CT molecular complexity index is 876. The fourth-order valence-corrected chi connectivity index (χ4v) is 3.19. The third-order valence-electron chi connectivity index (χ3n) is 3.89. The quantitative estimate of drug-likeness (QED) is 0.592. The summed E-state index contributed by atoms with van der Waals surface area (Å²) in [5.41, 5.74) is 1.14. The molecule has 2 amide bonds. The van der Waals surface area contributed by atoms with Gasteiger partial charge >= 0.3 is 6.09 Å². The molecule has 3 rings (SSSR count). The number of ether oxygens (including phenoxy) is 1. The van der Waals surface area contributed by atoms with Gasteiger partial charge in [-0.25, -0.2) is 4.79 Å². The summed E-state index contributed by atoms with van der Waals surface area (Å²) in [7, 11) is 0. The first-order valence-electron chi connectivity index (χ1n) is 7.98. The molecule has 2 aromatic rings. The number of halogens is 2. The summed E-state index contributed by atoms with van der Waals surface area (Å²) in [5.74, 6) is -0.721. The van der Waals surface area contributed by atoms with Gasteiger partial charge in [-0.1, -0.05) is 36.4 Å². The van der Waals surface area contributed by atoms with Crippen molar-refractivity contribution >= 4 is 49.6 Å². The lowest BCUT2D eigenvalue weighted by molar-refractivity contribution is -0.116. The zero-order chi connectivity index (χ0) is 19.4. The molecule has 0 saturated heterocycles. The number of hydrogen-bond donors (Lipinski definition) is 3. The van der Waals surface area contributed by atoms with Gasteiger partial charge in [-0.3, -0.25) is 9.59 Å². The van der Waals surface area contributed by atoms with E-state index in [2.05, 4.69) is 47.5 Å². The fourth-order valence-electron chi connectivity index (χ4n) is 2.53. The van der Waals surface area contributed by atoms with E-state index >= 15 is 0 Å². The van der Waals surface area contributed by atoms with Gasteiger partial charge in [-0.2, -0.15) is 0 Å². The van der Waals surface area contributed by atoms with Crippen LogP contribution >= 0.6 is 31.9 Å². The first kappa shape index (κ1) is 19.4. The standard InChI is InChI=1S/C18H15Br2N3O4/c19-11-8-13(21-16(11)20)17(25)22-12-6-7-14(24)15(12)23-18(26)27-9-10-4-2-1-3-5-10/h1-8,12,15,21H,9H2,(H,22,25)(H,23,26)/t12-,15+/m1/s1. The maximum Gasteiger partial charge on any atom is 0.408 e. The predicted molar refractivity (Wildman–Crippen MR) is 105 cm³/mol. The molecular formula is C18H15Br2N3O4. The van der Waals surface area contributed by atoms with Crippen LogP contribution < -0.4 is 10.6 Å². The molecule has 140 valence electrons. The topological polar surface area (TPSA) is 100 Å². The number of rotatable bonds is 5. The highest BCUT2D eigenvalue weighted by atomic mass is 79.9. The first-order valence-corrected chi connectivity index (χ1v) is 9.57. The van der Waals surface area contributed by atoms with Gasteiger partial charge < -0.3 is 20.4 Å². The largest absolute Gasteiger partial charge is 0.445 e. The van der Waals surface area contributed by atoms with Gasteiger partial charge in [0.25, 0.3) is 5.91 Å². The van der Waals surface area contributed by atoms with Crippen molar-refractivity contribution in [2.45, 2.75) is 18.7 Å². The smallest absolute Gasteiger partial charge is 0.408 e. The molecule has 1 aromatic carbocycles. The highest BCUT2D eigenvalue weighted by Gasteiger charge is 2.33. The van der Waals surface area contributed by atoms with Gasteiger partial charge in [-0.05, 0) is 49.6 Å². The molecule has 3 N–H and O–H groups in total. The second-order valence-corrected chi connectivity index (χ2v) is 7.44. The Balaban J connectivity index is 1.57. The van der Waals surface area contributed by atoms with E-state index in [-0.39, 0.29) is 12.4 Å². The lowest BCUT2D eigenvalue weighted by atomic mass is 10.1. The monoisotopic (exact) mass is 495 g/mol. The number of ketones is 1. The molecule has 1 heterocycles. The van der Waals surface area contributed by atoms with Crippen molar-refractivity contribution in [2.24, 2.45) is 0 Å². The molecular weight excluding hydrogens is 482 g/mol. The number of carbonyl (C=O) groups excluding carboxylic acids is 3. The van der Waals surface area contributed by atoms with Gasteiger partial charge in [0.15, 0.2) is 5.78 Å². The Morgan fingerprint density at radius 1 is 1.15 bits per heavy atom. The molecule has 1 aliphatic rings. The summed E-state index contributed by atoms with van der Waals surface area (Å²) < 4.78 is 6.46. The minimum absolute atomic E-state index is 0.0859. The molecule has 0 radical (unpaired) electrons. The lowest BCUT2D eigenvalue weighted by Gasteiger charge is -2.20. The number of nitrogens with one attached hydrogen (secondary N) is 3. The van der Waals surface area contributed by atoms with Crippen molar-refractivity contribution in [3.8, 4) is 0 Å². The van der Waals surface area contributed by atoms with Crippen LogP contribution in [0, 0.1) is 0 Å². The van der Waals surface area contributed by atoms with Gasteiger partial charge in [0.05, 0.1) is 15.1 Å². The predicted octanol–water partition coefficient (Wildman–Crippen LogP) is 3.07. The van der Waals surface area contributed by atoms with Crippen molar-refractivity contribution in [1.82, 2.24) is 15.6 Å². The second kappa shape index (κ2) is 8.53. The molecule has 0 unspecified atom stereocenters. The Hall–Kier alpha value is -2.39. The number of benzene rings is 1. The number of amides is 2. The van der Waals surface area contributed by atoms with Crippen LogP contribution in [0.2, 0.25) is 0 Å². The fraction of sp³-hybridized carbons (Fsp3) is 0.167. The Kier molecular flexibility index (Phi) is 6.12. The van der Waals surface area contributed by atoms with E-state index in [1.165, 1.54) is 12.2 Å². The van der Waals surface area contributed by atoms with Crippen molar-refractivity contribution in [3.05, 3.63) is 68.9 Å². The molecule has 0 spiro atoms. The second-order valence-electron chi connectivity index (χ2n) is 5.79. The van der Waals surface area contributed by atoms with E-state index in [0.29, 0.717) is 14.8 Å². The van der Waals surface area contributed by atoms with Crippen molar-refractivity contribution < 1.29 is 19.1 Å². The van der Waals surface area contributed by atoms with E-state index in [1.54, 1.807) is 6.07 Å². The number of aromatic amines is 1. The van der Waals surface area contributed by atoms with E-state index in [4.69, 9.17) is 4.74 Å². The number of H-pyrrole nitrogens is 1. The van der Waals surface area contributed by atoms with Gasteiger partial charge in [0.1, 0.15) is 18.3 Å². The highest BCUT2D eigenvalue weighted by Crippen LogP contribution is 2.23. The number of alkyl carbamates (subject to hydrolysis) is 1. The summed E-state index contributed by atoms with van der Waals surface area (Å²) in [4.78, 5) is 39.3. The van der Waals surface area contributed by atoms with E-state index in [0.717, 1.165) is 5.56 Å². The Labute approximate surface area is 171 Å². The number of hydrogen-bond acceptors (Lipinski definition) is 4. The third-order valence-corrected chi connectivity index (χ3v) is 5.67. The maximum atomic E-state index is 12.3. The first-order chi connectivity index (χ1) is 12.9. The summed E-state index contributed by atoms with van der Waals surface area (Å²) >= 11 is 6.55. The zero-order valence-electron chi connectivity index (χ0n) is 13.9. The number of aromatic nitrogens is 1. The van der Waals surface area contributed by atoms with E-state index in [1.807, 2.05) is 30.3 Å². The molecule has 0 aliphatic heterocycles. The summed E-state index contributed by atoms with van der Waals surface area (Å²) in [6, 6.07) is 9.20. The minimum atomic E-state index is -0.918. The average molecular weight is 497 g/mol. The molecule has 0 saturated carbocycles. The van der Waals surface area contributed by atoms with Crippen LogP contribution in [-0.4, -0.2) is 34.9 Å². The van der Waals surface area contributed by atoms with Crippen molar-refractivity contribution in [1.29, 1.82) is 0 Å². The van der Waals surface area contributed by atoms with Crippen LogP contribution in [0.5, 0.6) is 0 Å². The molecule has 27 heavy (non-hydrogen) atoms. The van der Waals surface area contributed by atoms with Gasteiger partial charge in [0, 0.05) is 0 Å². The SMILES string of the molecule is O=C(N[C@@H]1C(=O)C=C[C@H]1NC(=O)c1cc(Br)c(Br)[nH]1)OCc1ccccc1. The van der Waals surface area contributed by atoms with E-state index < -0.39 is 24.1 Å². The van der Waals surface area contributed by atoms with Crippen LogP contribution in [0.1, 0.15) is 16.1 Å². The summed E-state index contributed by atoms with van der Waals surface area (Å²) in [6.45, 7) is 0.0859. The minimum Gasteiger partial charge on any atom is -0.445 e. The third kappa shape index (κ3) is 4.86. The van der Waals surface area contributed by atoms with E-state index in [9.17, 15) is 14.4 Å². The lowest BCUT2D eigenvalue weighted by Crippen LogP contribution is -2.52. The Morgan fingerprint density at radius 3 is 2.56 bits per heavy atom.